The SMILES string of the molecule is Cc1ccc(C(N)c2ccc(F)c(F)c2)c2ccccc12. The lowest BCUT2D eigenvalue weighted by molar-refractivity contribution is 0.506. The van der Waals surface area contributed by atoms with Gasteiger partial charge in [0.05, 0.1) is 6.04 Å². The smallest absolute Gasteiger partial charge is 0.159 e. The molecule has 3 aromatic carbocycles. The number of benzene rings is 3. The van der Waals surface area contributed by atoms with Gasteiger partial charge < -0.3 is 5.73 Å². The molecule has 1 unspecified atom stereocenters. The molecule has 0 saturated heterocycles. The van der Waals surface area contributed by atoms with E-state index in [1.807, 2.05) is 43.3 Å². The van der Waals surface area contributed by atoms with E-state index in [0.717, 1.165) is 34.0 Å². The van der Waals surface area contributed by atoms with Gasteiger partial charge in [-0.1, -0.05) is 42.5 Å². The Hall–Kier alpha value is -2.26. The van der Waals surface area contributed by atoms with Crippen LogP contribution in [0.3, 0.4) is 0 Å². The van der Waals surface area contributed by atoms with E-state index >= 15 is 0 Å². The fourth-order valence-electron chi connectivity index (χ4n) is 2.63. The van der Waals surface area contributed by atoms with Gasteiger partial charge in [-0.2, -0.15) is 0 Å². The van der Waals surface area contributed by atoms with Crippen LogP contribution in [0.4, 0.5) is 8.78 Å². The van der Waals surface area contributed by atoms with Crippen molar-refractivity contribution in [2.45, 2.75) is 13.0 Å². The van der Waals surface area contributed by atoms with E-state index in [1.165, 1.54) is 6.07 Å². The first-order valence-electron chi connectivity index (χ1n) is 6.76. The first-order chi connectivity index (χ1) is 10.1. The van der Waals surface area contributed by atoms with Crippen LogP contribution in [0.1, 0.15) is 22.7 Å². The van der Waals surface area contributed by atoms with Crippen molar-refractivity contribution in [2.24, 2.45) is 5.73 Å². The Morgan fingerprint density at radius 2 is 1.57 bits per heavy atom. The van der Waals surface area contributed by atoms with Crippen molar-refractivity contribution in [3.63, 3.8) is 0 Å². The molecule has 3 heteroatoms. The number of aryl methyl sites for hydroxylation is 1. The second-order valence-corrected chi connectivity index (χ2v) is 5.17. The highest BCUT2D eigenvalue weighted by Gasteiger charge is 2.14. The zero-order valence-corrected chi connectivity index (χ0v) is 11.6. The molecule has 0 saturated carbocycles. The summed E-state index contributed by atoms with van der Waals surface area (Å²) in [5.74, 6) is -1.74. The Balaban J connectivity index is 2.15. The lowest BCUT2D eigenvalue weighted by atomic mass is 9.92. The van der Waals surface area contributed by atoms with Gasteiger partial charge in [0, 0.05) is 0 Å². The molecule has 0 bridgehead atoms. The highest BCUT2D eigenvalue weighted by molar-refractivity contribution is 5.89. The lowest BCUT2D eigenvalue weighted by Crippen LogP contribution is -2.13. The summed E-state index contributed by atoms with van der Waals surface area (Å²) in [5.41, 5.74) is 8.88. The average molecular weight is 283 g/mol. The average Bonchev–Trinajstić information content (AvgIpc) is 2.50. The summed E-state index contributed by atoms with van der Waals surface area (Å²) in [4.78, 5) is 0. The molecular weight excluding hydrogens is 268 g/mol. The third-order valence-corrected chi connectivity index (χ3v) is 3.81. The predicted molar refractivity (Wildman–Crippen MR) is 81.1 cm³/mol. The van der Waals surface area contributed by atoms with Gasteiger partial charge in [0.1, 0.15) is 0 Å². The second-order valence-electron chi connectivity index (χ2n) is 5.17. The summed E-state index contributed by atoms with van der Waals surface area (Å²) in [5, 5.41) is 2.16. The Labute approximate surface area is 122 Å². The highest BCUT2D eigenvalue weighted by Crippen LogP contribution is 2.29. The van der Waals surface area contributed by atoms with Crippen molar-refractivity contribution in [3.8, 4) is 0 Å². The van der Waals surface area contributed by atoms with E-state index < -0.39 is 17.7 Å². The van der Waals surface area contributed by atoms with Gasteiger partial charge in [0.25, 0.3) is 0 Å². The van der Waals surface area contributed by atoms with Crippen LogP contribution in [0, 0.1) is 18.6 Å². The van der Waals surface area contributed by atoms with Crippen LogP contribution in [0.5, 0.6) is 0 Å². The standard InChI is InChI=1S/C18H15F2N/c1-11-6-8-15(14-5-3-2-4-13(11)14)18(21)12-7-9-16(19)17(20)10-12/h2-10,18H,21H2,1H3. The molecule has 1 atom stereocenters. The summed E-state index contributed by atoms with van der Waals surface area (Å²) in [6.45, 7) is 2.04. The Kier molecular flexibility index (Phi) is 3.43. The molecule has 0 aliphatic carbocycles. The molecule has 3 rings (SSSR count). The summed E-state index contributed by atoms with van der Waals surface area (Å²) < 4.78 is 26.5. The van der Waals surface area contributed by atoms with Gasteiger partial charge >= 0.3 is 0 Å². The van der Waals surface area contributed by atoms with Crippen molar-refractivity contribution in [1.29, 1.82) is 0 Å². The van der Waals surface area contributed by atoms with Gasteiger partial charge in [0.2, 0.25) is 0 Å². The molecule has 0 heterocycles. The molecule has 106 valence electrons. The summed E-state index contributed by atoms with van der Waals surface area (Å²) in [6, 6.07) is 15.2. The van der Waals surface area contributed by atoms with E-state index in [1.54, 1.807) is 0 Å². The van der Waals surface area contributed by atoms with E-state index in [4.69, 9.17) is 5.73 Å². The largest absolute Gasteiger partial charge is 0.320 e. The summed E-state index contributed by atoms with van der Waals surface area (Å²) >= 11 is 0. The lowest BCUT2D eigenvalue weighted by Gasteiger charge is -2.16. The second kappa shape index (κ2) is 5.26. The molecule has 0 spiro atoms. The van der Waals surface area contributed by atoms with E-state index in [2.05, 4.69) is 0 Å². The summed E-state index contributed by atoms with van der Waals surface area (Å²) in [6.07, 6.45) is 0. The third kappa shape index (κ3) is 2.41. The first kappa shape index (κ1) is 13.7. The van der Waals surface area contributed by atoms with Crippen molar-refractivity contribution in [3.05, 3.63) is 82.9 Å². The number of hydrogen-bond acceptors (Lipinski definition) is 1. The monoisotopic (exact) mass is 283 g/mol. The number of hydrogen-bond donors (Lipinski definition) is 1. The molecular formula is C18H15F2N. The first-order valence-corrected chi connectivity index (χ1v) is 6.76. The fraction of sp³-hybridized carbons (Fsp3) is 0.111. The maximum absolute atomic E-state index is 13.4. The zero-order valence-electron chi connectivity index (χ0n) is 11.6. The number of fused-ring (bicyclic) bond motifs is 1. The Bertz CT molecular complexity index is 811. The van der Waals surface area contributed by atoms with Crippen molar-refractivity contribution >= 4 is 10.8 Å². The van der Waals surface area contributed by atoms with Gasteiger partial charge in [0.15, 0.2) is 11.6 Å². The fourth-order valence-corrected chi connectivity index (χ4v) is 2.63. The minimum absolute atomic E-state index is 0.495. The van der Waals surface area contributed by atoms with E-state index in [-0.39, 0.29) is 0 Å². The van der Waals surface area contributed by atoms with Crippen LogP contribution in [0.25, 0.3) is 10.8 Å². The molecule has 3 aromatic rings. The predicted octanol–water partition coefficient (Wildman–Crippen LogP) is 4.47. The minimum Gasteiger partial charge on any atom is -0.320 e. The van der Waals surface area contributed by atoms with Crippen molar-refractivity contribution < 1.29 is 8.78 Å². The quantitative estimate of drug-likeness (QED) is 0.737. The van der Waals surface area contributed by atoms with E-state index in [9.17, 15) is 8.78 Å². The van der Waals surface area contributed by atoms with Crippen LogP contribution in [-0.2, 0) is 0 Å². The summed E-state index contributed by atoms with van der Waals surface area (Å²) in [7, 11) is 0. The van der Waals surface area contributed by atoms with E-state index in [0.29, 0.717) is 5.56 Å². The third-order valence-electron chi connectivity index (χ3n) is 3.81. The number of rotatable bonds is 2. The van der Waals surface area contributed by atoms with Crippen LogP contribution in [0.2, 0.25) is 0 Å². The molecule has 0 radical (unpaired) electrons. The molecule has 0 aromatic heterocycles. The number of halogens is 2. The number of nitrogens with two attached hydrogens (primary N) is 1. The van der Waals surface area contributed by atoms with Gasteiger partial charge in [-0.15, -0.1) is 0 Å². The van der Waals surface area contributed by atoms with Crippen LogP contribution < -0.4 is 5.73 Å². The topological polar surface area (TPSA) is 26.0 Å². The van der Waals surface area contributed by atoms with Gasteiger partial charge in [-0.25, -0.2) is 8.78 Å². The minimum atomic E-state index is -0.876. The van der Waals surface area contributed by atoms with Crippen molar-refractivity contribution in [1.82, 2.24) is 0 Å². The zero-order chi connectivity index (χ0) is 15.0. The molecule has 0 aliphatic heterocycles. The Morgan fingerprint density at radius 3 is 2.29 bits per heavy atom. The van der Waals surface area contributed by atoms with Crippen LogP contribution in [0.15, 0.2) is 54.6 Å². The maximum Gasteiger partial charge on any atom is 0.159 e. The van der Waals surface area contributed by atoms with Gasteiger partial charge in [-0.05, 0) is 46.5 Å². The molecule has 1 nitrogen and oxygen atoms in total. The normalized spacial score (nSPS) is 12.6. The molecule has 0 amide bonds. The molecule has 21 heavy (non-hydrogen) atoms. The molecule has 0 fully saturated rings. The molecule has 0 aliphatic rings. The highest BCUT2D eigenvalue weighted by atomic mass is 19.2. The maximum atomic E-state index is 13.4. The van der Waals surface area contributed by atoms with Crippen molar-refractivity contribution in [2.75, 3.05) is 0 Å². The Morgan fingerprint density at radius 1 is 0.857 bits per heavy atom. The van der Waals surface area contributed by atoms with Crippen LogP contribution in [-0.4, -0.2) is 0 Å². The van der Waals surface area contributed by atoms with Crippen LogP contribution >= 0.6 is 0 Å². The van der Waals surface area contributed by atoms with Gasteiger partial charge in [-0.3, -0.25) is 0 Å². The molecule has 2 N–H and O–H groups in total.